The average Bonchev–Trinajstić information content (AvgIpc) is 3.23. The summed E-state index contributed by atoms with van der Waals surface area (Å²) in [5, 5.41) is 4.89. The molecule has 0 amide bonds. The first-order valence-corrected chi connectivity index (χ1v) is 11.8. The van der Waals surface area contributed by atoms with E-state index in [0.717, 1.165) is 78.0 Å². The van der Waals surface area contributed by atoms with Gasteiger partial charge in [-0.1, -0.05) is 65.5 Å². The zero-order chi connectivity index (χ0) is 22.9. The van der Waals surface area contributed by atoms with Crippen molar-refractivity contribution in [3.8, 4) is 16.9 Å². The Morgan fingerprint density at radius 3 is 2.41 bits per heavy atom. The molecule has 0 aliphatic heterocycles. The molecule has 0 spiro atoms. The monoisotopic (exact) mass is 460 g/mol. The molecular weight excluding hydrogens is 416 g/mol. The Morgan fingerprint density at radius 2 is 1.82 bits per heavy atom. The molecule has 1 atom stereocenters. The molecule has 0 radical (unpaired) electrons. The topological polar surface area (TPSA) is 56.7 Å². The van der Waals surface area contributed by atoms with Crippen molar-refractivity contribution >= 4 is 11.6 Å². The van der Waals surface area contributed by atoms with Crippen LogP contribution < -0.4 is 5.73 Å². The summed E-state index contributed by atoms with van der Waals surface area (Å²) in [6.07, 6.45) is 12.6. The largest absolute Gasteiger partial charge is 0.328 e. The summed E-state index contributed by atoms with van der Waals surface area (Å²) in [4.78, 5) is 4.59. The van der Waals surface area contributed by atoms with Gasteiger partial charge in [0, 0.05) is 23.5 Å². The van der Waals surface area contributed by atoms with Gasteiger partial charge in [0.15, 0.2) is 0 Å². The number of nitrogens with zero attached hydrogens (tertiary/aromatic N) is 3. The van der Waals surface area contributed by atoms with Crippen LogP contribution in [0.2, 0.25) is 0 Å². The zero-order valence-electron chi connectivity index (χ0n) is 19.7. The summed E-state index contributed by atoms with van der Waals surface area (Å²) < 4.78 is 2.00. The van der Waals surface area contributed by atoms with Crippen molar-refractivity contribution in [2.45, 2.75) is 80.2 Å². The van der Waals surface area contributed by atoms with Gasteiger partial charge in [0.2, 0.25) is 0 Å². The number of pyridine rings is 1. The fourth-order valence-electron chi connectivity index (χ4n) is 3.77. The number of hydrogen-bond acceptors (Lipinski definition) is 3. The van der Waals surface area contributed by atoms with Gasteiger partial charge in [-0.3, -0.25) is 4.98 Å². The second kappa shape index (κ2) is 14.3. The van der Waals surface area contributed by atoms with Gasteiger partial charge >= 0.3 is 0 Å². The molecule has 2 heterocycles. The third kappa shape index (κ3) is 7.81. The third-order valence-corrected chi connectivity index (χ3v) is 5.71. The van der Waals surface area contributed by atoms with E-state index < -0.39 is 0 Å². The minimum Gasteiger partial charge on any atom is -0.328 e. The number of benzene rings is 1. The first-order chi connectivity index (χ1) is 15.5. The highest BCUT2D eigenvalue weighted by atomic mass is 15.3. The summed E-state index contributed by atoms with van der Waals surface area (Å²) in [5.41, 5.74) is 13.5. The maximum absolute atomic E-state index is 6.13. The van der Waals surface area contributed by atoms with Crippen LogP contribution in [0, 0.1) is 0 Å². The van der Waals surface area contributed by atoms with Crippen molar-refractivity contribution in [3.05, 3.63) is 78.3 Å². The molecule has 4 nitrogen and oxygen atoms in total. The smallest absolute Gasteiger partial charge is 0.0858 e. The van der Waals surface area contributed by atoms with Gasteiger partial charge in [0.05, 0.1) is 17.1 Å². The fraction of sp³-hybridized carbons (Fsp3) is 0.400. The lowest BCUT2D eigenvalue weighted by Crippen LogP contribution is -2.18. The van der Waals surface area contributed by atoms with E-state index >= 15 is 0 Å². The van der Waals surface area contributed by atoms with Crippen molar-refractivity contribution in [2.24, 2.45) is 5.73 Å². The van der Waals surface area contributed by atoms with Crippen molar-refractivity contribution in [3.63, 3.8) is 0 Å². The highest BCUT2D eigenvalue weighted by molar-refractivity contribution is 5.66. The normalized spacial score (nSPS) is 11.6. The lowest BCUT2D eigenvalue weighted by atomic mass is 10.1. The van der Waals surface area contributed by atoms with Crippen LogP contribution in [-0.4, -0.2) is 20.8 Å². The summed E-state index contributed by atoms with van der Waals surface area (Å²) in [6.45, 7) is 10.4. The van der Waals surface area contributed by atoms with E-state index in [4.69, 9.17) is 10.8 Å². The van der Waals surface area contributed by atoms with Crippen LogP contribution in [0.25, 0.3) is 28.6 Å². The van der Waals surface area contributed by atoms with Crippen LogP contribution in [0.15, 0.2) is 61.3 Å². The molecule has 0 saturated carbocycles. The first kappa shape index (κ1) is 29.1. The number of aromatic nitrogens is 3. The maximum atomic E-state index is 6.13. The van der Waals surface area contributed by atoms with E-state index in [0.29, 0.717) is 6.04 Å². The molecule has 3 rings (SSSR count). The molecule has 3 aromatic rings. The molecule has 0 saturated heterocycles. The number of nitrogens with two attached hydrogens (primary N) is 1. The Labute approximate surface area is 207 Å². The van der Waals surface area contributed by atoms with Crippen molar-refractivity contribution in [2.75, 3.05) is 0 Å². The number of hydrogen-bond donors (Lipinski definition) is 1. The molecular formula is C30H44N4. The van der Waals surface area contributed by atoms with Gasteiger partial charge < -0.3 is 5.73 Å². The second-order valence-corrected chi connectivity index (χ2v) is 8.47. The van der Waals surface area contributed by atoms with Crippen LogP contribution >= 0.6 is 0 Å². The summed E-state index contributed by atoms with van der Waals surface area (Å²) in [5.74, 6) is 0. The quantitative estimate of drug-likeness (QED) is 0.294. The van der Waals surface area contributed by atoms with Crippen molar-refractivity contribution < 1.29 is 0 Å². The lowest BCUT2D eigenvalue weighted by Gasteiger charge is -2.09. The molecule has 0 fully saturated rings. The van der Waals surface area contributed by atoms with E-state index in [9.17, 15) is 0 Å². The van der Waals surface area contributed by atoms with E-state index in [-0.39, 0.29) is 14.9 Å². The van der Waals surface area contributed by atoms with E-state index in [1.54, 1.807) is 0 Å². The summed E-state index contributed by atoms with van der Waals surface area (Å²) >= 11 is 0. The molecule has 1 unspecified atom stereocenters. The maximum Gasteiger partial charge on any atom is 0.0858 e. The predicted molar refractivity (Wildman–Crippen MR) is 150 cm³/mol. The van der Waals surface area contributed by atoms with Gasteiger partial charge in [-0.2, -0.15) is 5.10 Å². The van der Waals surface area contributed by atoms with Gasteiger partial charge in [0.25, 0.3) is 0 Å². The first-order valence-electron chi connectivity index (χ1n) is 11.8. The Kier molecular flexibility index (Phi) is 12.2. The minimum atomic E-state index is 0. The Hall–Kier alpha value is -2.98. The molecule has 2 aromatic heterocycles. The molecule has 4 heteroatoms. The highest BCUT2D eigenvalue weighted by Crippen LogP contribution is 2.25. The van der Waals surface area contributed by atoms with Crippen LogP contribution in [0.4, 0.5) is 0 Å². The number of unbranched alkanes of at least 4 members (excludes halogenated alkanes) is 1. The van der Waals surface area contributed by atoms with Crippen LogP contribution in [0.1, 0.15) is 84.7 Å². The highest BCUT2D eigenvalue weighted by Gasteiger charge is 2.11. The van der Waals surface area contributed by atoms with Crippen molar-refractivity contribution in [1.82, 2.24) is 14.8 Å². The van der Waals surface area contributed by atoms with Crippen LogP contribution in [0.3, 0.4) is 0 Å². The number of rotatable bonds is 11. The minimum absolute atomic E-state index is 0. The molecule has 1 aromatic carbocycles. The molecule has 0 aliphatic rings. The zero-order valence-corrected chi connectivity index (χ0v) is 19.7. The number of aryl methyl sites for hydroxylation is 1. The Bertz CT molecular complexity index is 1030. The van der Waals surface area contributed by atoms with E-state index in [2.05, 4.69) is 80.0 Å². The molecule has 34 heavy (non-hydrogen) atoms. The standard InChI is InChI=1S/C28H36N4.2CH4/c1-5-10-24(29)11-8-7-9-12-26-19-28(23-13-16-25(6-2)30-20-23)32(31-26)27-17-14-22(15-18-27)21(3)4;;/h9,12-20,24H,3,5-8,10-11,29H2,1-2,4H3;2*1H4/b12-9+;;. The molecule has 0 bridgehead atoms. The van der Waals surface area contributed by atoms with E-state index in [1.807, 2.05) is 17.8 Å². The SMILES string of the molecule is C.C.C=C(C)c1ccc(-n2nc(/C=C/CCCC(N)CCC)cc2-c2ccc(CC)nc2)cc1. The van der Waals surface area contributed by atoms with Crippen LogP contribution in [0.5, 0.6) is 0 Å². The van der Waals surface area contributed by atoms with Gasteiger partial charge in [0.1, 0.15) is 0 Å². The molecule has 2 N–H and O–H groups in total. The van der Waals surface area contributed by atoms with Gasteiger partial charge in [-0.25, -0.2) is 4.68 Å². The van der Waals surface area contributed by atoms with Gasteiger partial charge in [-0.15, -0.1) is 0 Å². The van der Waals surface area contributed by atoms with E-state index in [1.165, 1.54) is 0 Å². The molecule has 184 valence electrons. The second-order valence-electron chi connectivity index (χ2n) is 8.47. The van der Waals surface area contributed by atoms with Crippen LogP contribution in [-0.2, 0) is 6.42 Å². The van der Waals surface area contributed by atoms with Gasteiger partial charge in [-0.05, 0) is 81.0 Å². The molecule has 0 aliphatic carbocycles. The lowest BCUT2D eigenvalue weighted by molar-refractivity contribution is 0.542. The summed E-state index contributed by atoms with van der Waals surface area (Å²) in [6, 6.07) is 15.0. The Balaban J connectivity index is 0.00000289. The average molecular weight is 461 g/mol. The summed E-state index contributed by atoms with van der Waals surface area (Å²) in [7, 11) is 0. The van der Waals surface area contributed by atoms with Crippen molar-refractivity contribution in [1.29, 1.82) is 0 Å². The number of allylic oxidation sites excluding steroid dienone is 2. The Morgan fingerprint density at radius 1 is 1.09 bits per heavy atom. The fourth-order valence-corrected chi connectivity index (χ4v) is 3.77. The third-order valence-electron chi connectivity index (χ3n) is 5.71. The predicted octanol–water partition coefficient (Wildman–Crippen LogP) is 8.11.